The van der Waals surface area contributed by atoms with Crippen molar-refractivity contribution in [2.75, 3.05) is 6.54 Å². The van der Waals surface area contributed by atoms with Crippen LogP contribution in [0.25, 0.3) is 0 Å². The number of rotatable bonds is 4. The number of unbranched alkanes of at least 4 members (excludes halogenated alkanes) is 1. The van der Waals surface area contributed by atoms with E-state index >= 15 is 0 Å². The number of fused-ring (bicyclic) bond motifs is 2. The third-order valence-electron chi connectivity index (χ3n) is 3.91. The third-order valence-corrected chi connectivity index (χ3v) is 3.91. The van der Waals surface area contributed by atoms with Crippen LogP contribution in [0, 0.1) is 17.8 Å². The van der Waals surface area contributed by atoms with Crippen LogP contribution in [-0.2, 0) is 0 Å². The third kappa shape index (κ3) is 1.66. The summed E-state index contributed by atoms with van der Waals surface area (Å²) in [5.74, 6) is 3.33. The lowest BCUT2D eigenvalue weighted by Crippen LogP contribution is -2.10. The Morgan fingerprint density at radius 3 is 2.58 bits per heavy atom. The van der Waals surface area contributed by atoms with Gasteiger partial charge in [0.05, 0.1) is 0 Å². The highest BCUT2D eigenvalue weighted by Gasteiger charge is 2.38. The molecule has 0 aromatic carbocycles. The molecule has 0 saturated heterocycles. The molecular weight excluding hydrogens is 146 g/mol. The van der Waals surface area contributed by atoms with E-state index < -0.39 is 0 Å². The van der Waals surface area contributed by atoms with Gasteiger partial charge in [-0.05, 0) is 50.0 Å². The van der Waals surface area contributed by atoms with Crippen LogP contribution in [0.3, 0.4) is 0 Å². The molecule has 2 aliphatic rings. The molecule has 0 unspecified atom stereocenters. The van der Waals surface area contributed by atoms with E-state index in [9.17, 15) is 0 Å². The Morgan fingerprint density at radius 2 is 2.00 bits per heavy atom. The average Bonchev–Trinajstić information content (AvgIpc) is 2.65. The summed E-state index contributed by atoms with van der Waals surface area (Å²) in [6.07, 6.45) is 10.3. The first-order valence-electron chi connectivity index (χ1n) is 5.60. The molecule has 2 fully saturated rings. The Hall–Kier alpha value is -0.0400. The maximum atomic E-state index is 5.49. The SMILES string of the molecule is NCCCC[C@H]1C[C@H]2CC[C@@H]1C2. The fourth-order valence-corrected chi connectivity index (χ4v) is 3.28. The van der Waals surface area contributed by atoms with Crippen molar-refractivity contribution in [3.63, 3.8) is 0 Å². The summed E-state index contributed by atoms with van der Waals surface area (Å²) in [6, 6.07) is 0. The maximum Gasteiger partial charge on any atom is -0.00773 e. The van der Waals surface area contributed by atoms with Crippen molar-refractivity contribution in [1.82, 2.24) is 0 Å². The van der Waals surface area contributed by atoms with E-state index in [1.54, 1.807) is 12.8 Å². The lowest BCUT2D eigenvalue weighted by Gasteiger charge is -2.21. The monoisotopic (exact) mass is 167 g/mol. The zero-order valence-corrected chi connectivity index (χ0v) is 7.97. The molecule has 0 aromatic rings. The van der Waals surface area contributed by atoms with Crippen LogP contribution in [0.15, 0.2) is 0 Å². The zero-order chi connectivity index (χ0) is 8.39. The molecule has 2 aliphatic carbocycles. The van der Waals surface area contributed by atoms with Crippen molar-refractivity contribution in [3.8, 4) is 0 Å². The average molecular weight is 167 g/mol. The minimum Gasteiger partial charge on any atom is -0.330 e. The summed E-state index contributed by atoms with van der Waals surface area (Å²) in [7, 11) is 0. The number of nitrogens with two attached hydrogens (primary N) is 1. The van der Waals surface area contributed by atoms with Gasteiger partial charge in [0.15, 0.2) is 0 Å². The van der Waals surface area contributed by atoms with E-state index in [-0.39, 0.29) is 0 Å². The van der Waals surface area contributed by atoms with E-state index in [0.29, 0.717) is 0 Å². The molecule has 0 amide bonds. The zero-order valence-electron chi connectivity index (χ0n) is 7.97. The molecule has 1 heteroatoms. The predicted molar refractivity (Wildman–Crippen MR) is 51.8 cm³/mol. The lowest BCUT2D eigenvalue weighted by molar-refractivity contribution is 0.306. The van der Waals surface area contributed by atoms with Crippen molar-refractivity contribution in [2.24, 2.45) is 23.5 Å². The van der Waals surface area contributed by atoms with Crippen molar-refractivity contribution in [2.45, 2.75) is 44.9 Å². The van der Waals surface area contributed by atoms with Gasteiger partial charge in [-0.25, -0.2) is 0 Å². The fraction of sp³-hybridized carbons (Fsp3) is 1.00. The van der Waals surface area contributed by atoms with Gasteiger partial charge in [-0.2, -0.15) is 0 Å². The molecule has 2 rings (SSSR count). The second kappa shape index (κ2) is 3.78. The lowest BCUT2D eigenvalue weighted by atomic mass is 9.85. The normalized spacial score (nSPS) is 39.2. The summed E-state index contributed by atoms with van der Waals surface area (Å²) in [5, 5.41) is 0. The highest BCUT2D eigenvalue weighted by atomic mass is 14.5. The molecule has 0 heterocycles. The first-order valence-corrected chi connectivity index (χ1v) is 5.60. The van der Waals surface area contributed by atoms with Crippen molar-refractivity contribution in [3.05, 3.63) is 0 Å². The van der Waals surface area contributed by atoms with E-state index in [0.717, 1.165) is 24.3 Å². The van der Waals surface area contributed by atoms with Crippen LogP contribution in [-0.4, -0.2) is 6.54 Å². The molecule has 2 bridgehead atoms. The van der Waals surface area contributed by atoms with Crippen LogP contribution in [0.4, 0.5) is 0 Å². The smallest absolute Gasteiger partial charge is 0.00773 e. The molecule has 2 N–H and O–H groups in total. The van der Waals surface area contributed by atoms with Crippen molar-refractivity contribution < 1.29 is 0 Å². The van der Waals surface area contributed by atoms with Gasteiger partial charge >= 0.3 is 0 Å². The molecular formula is C11H21N. The molecule has 3 atom stereocenters. The van der Waals surface area contributed by atoms with Crippen LogP contribution in [0.5, 0.6) is 0 Å². The highest BCUT2D eigenvalue weighted by molar-refractivity contribution is 4.89. The van der Waals surface area contributed by atoms with Gasteiger partial charge in [-0.1, -0.05) is 19.3 Å². The van der Waals surface area contributed by atoms with E-state index in [1.165, 1.54) is 32.1 Å². The van der Waals surface area contributed by atoms with Crippen molar-refractivity contribution >= 4 is 0 Å². The second-order valence-electron chi connectivity index (χ2n) is 4.72. The Morgan fingerprint density at radius 1 is 1.08 bits per heavy atom. The molecule has 0 radical (unpaired) electrons. The topological polar surface area (TPSA) is 26.0 Å². The molecule has 0 aliphatic heterocycles. The summed E-state index contributed by atoms with van der Waals surface area (Å²) >= 11 is 0. The summed E-state index contributed by atoms with van der Waals surface area (Å²) in [4.78, 5) is 0. The maximum absolute atomic E-state index is 5.49. The number of hydrogen-bond acceptors (Lipinski definition) is 1. The van der Waals surface area contributed by atoms with Gasteiger partial charge in [-0.3, -0.25) is 0 Å². The minimum absolute atomic E-state index is 0.890. The molecule has 0 aromatic heterocycles. The van der Waals surface area contributed by atoms with E-state index in [4.69, 9.17) is 5.73 Å². The summed E-state index contributed by atoms with van der Waals surface area (Å²) in [6.45, 7) is 0.890. The molecule has 1 nitrogen and oxygen atoms in total. The largest absolute Gasteiger partial charge is 0.330 e. The Bertz CT molecular complexity index is 144. The van der Waals surface area contributed by atoms with Gasteiger partial charge in [0.25, 0.3) is 0 Å². The Labute approximate surface area is 75.7 Å². The van der Waals surface area contributed by atoms with Crippen molar-refractivity contribution in [1.29, 1.82) is 0 Å². The predicted octanol–water partition coefficient (Wildman–Crippen LogP) is 2.55. The van der Waals surface area contributed by atoms with Crippen LogP contribution >= 0.6 is 0 Å². The summed E-state index contributed by atoms with van der Waals surface area (Å²) in [5.41, 5.74) is 5.49. The van der Waals surface area contributed by atoms with Gasteiger partial charge in [0, 0.05) is 0 Å². The Kier molecular flexibility index (Phi) is 2.69. The van der Waals surface area contributed by atoms with Gasteiger partial charge in [0.1, 0.15) is 0 Å². The van der Waals surface area contributed by atoms with E-state index in [1.807, 2.05) is 0 Å². The quantitative estimate of drug-likeness (QED) is 0.640. The first-order chi connectivity index (χ1) is 5.90. The molecule has 70 valence electrons. The van der Waals surface area contributed by atoms with Crippen LogP contribution in [0.1, 0.15) is 44.9 Å². The molecule has 0 spiro atoms. The summed E-state index contributed by atoms with van der Waals surface area (Å²) < 4.78 is 0. The van der Waals surface area contributed by atoms with Crippen LogP contribution < -0.4 is 5.73 Å². The molecule has 2 saturated carbocycles. The number of hydrogen-bond donors (Lipinski definition) is 1. The molecule has 12 heavy (non-hydrogen) atoms. The first kappa shape index (κ1) is 8.55. The standard InChI is InChI=1S/C11H21N/c12-6-2-1-3-10-7-9-4-5-11(10)8-9/h9-11H,1-8,12H2/t9-,10+,11-/m1/s1. The van der Waals surface area contributed by atoms with E-state index in [2.05, 4.69) is 0 Å². The van der Waals surface area contributed by atoms with Gasteiger partial charge in [0.2, 0.25) is 0 Å². The fourth-order valence-electron chi connectivity index (χ4n) is 3.28. The Balaban J connectivity index is 1.69. The minimum atomic E-state index is 0.890. The highest BCUT2D eigenvalue weighted by Crippen LogP contribution is 2.49. The second-order valence-corrected chi connectivity index (χ2v) is 4.72. The van der Waals surface area contributed by atoms with Gasteiger partial charge < -0.3 is 5.73 Å². The van der Waals surface area contributed by atoms with Crippen LogP contribution in [0.2, 0.25) is 0 Å². The van der Waals surface area contributed by atoms with Gasteiger partial charge in [-0.15, -0.1) is 0 Å².